The van der Waals surface area contributed by atoms with Crippen LogP contribution in [0, 0.1) is 12.3 Å². The van der Waals surface area contributed by atoms with Gasteiger partial charge in [-0.05, 0) is 30.4 Å². The molecule has 2 rings (SSSR count). The van der Waals surface area contributed by atoms with Crippen LogP contribution in [0.4, 0.5) is 0 Å². The van der Waals surface area contributed by atoms with E-state index in [2.05, 4.69) is 11.2 Å². The quantitative estimate of drug-likeness (QED) is 0.781. The number of hydrogen-bond acceptors (Lipinski definition) is 3. The third-order valence-electron chi connectivity index (χ3n) is 2.99. The largest absolute Gasteiger partial charge is 0.365 e. The molecule has 0 spiro atoms. The van der Waals surface area contributed by atoms with Crippen molar-refractivity contribution >= 4 is 23.2 Å². The molecular weight excluding hydrogens is 248 g/mol. The second-order valence-corrected chi connectivity index (χ2v) is 5.29. The lowest BCUT2D eigenvalue weighted by Crippen LogP contribution is -2.25. The SMILES string of the molecule is C#CCNC(=O)Cc1sc(C(N)=O)c2c1CCC2. The van der Waals surface area contributed by atoms with E-state index in [1.54, 1.807) is 0 Å². The highest BCUT2D eigenvalue weighted by Crippen LogP contribution is 2.35. The normalized spacial score (nSPS) is 12.8. The van der Waals surface area contributed by atoms with Crippen molar-refractivity contribution in [2.75, 3.05) is 6.54 Å². The van der Waals surface area contributed by atoms with Gasteiger partial charge >= 0.3 is 0 Å². The van der Waals surface area contributed by atoms with Crippen LogP contribution < -0.4 is 11.1 Å². The first-order valence-electron chi connectivity index (χ1n) is 5.77. The minimum Gasteiger partial charge on any atom is -0.365 e. The Hall–Kier alpha value is -1.80. The van der Waals surface area contributed by atoms with E-state index in [0.717, 1.165) is 35.3 Å². The average Bonchev–Trinajstić information content (AvgIpc) is 2.89. The first kappa shape index (κ1) is 12.7. The average molecular weight is 262 g/mol. The van der Waals surface area contributed by atoms with Crippen LogP contribution in [-0.2, 0) is 24.1 Å². The van der Waals surface area contributed by atoms with Crippen molar-refractivity contribution < 1.29 is 9.59 Å². The highest BCUT2D eigenvalue weighted by Gasteiger charge is 2.25. The maximum atomic E-state index is 11.6. The monoisotopic (exact) mass is 262 g/mol. The van der Waals surface area contributed by atoms with E-state index in [1.165, 1.54) is 11.3 Å². The standard InChI is InChI=1S/C13H14N2O2S/c1-2-6-15-11(16)7-10-8-4-3-5-9(8)12(18-10)13(14)17/h1H,3-7H2,(H2,14,17)(H,15,16). The van der Waals surface area contributed by atoms with Crippen LogP contribution in [0.25, 0.3) is 0 Å². The van der Waals surface area contributed by atoms with Gasteiger partial charge in [0.15, 0.2) is 0 Å². The molecule has 0 bridgehead atoms. The van der Waals surface area contributed by atoms with Gasteiger partial charge < -0.3 is 11.1 Å². The molecule has 1 aliphatic carbocycles. The fourth-order valence-electron chi connectivity index (χ4n) is 2.25. The molecule has 4 nitrogen and oxygen atoms in total. The van der Waals surface area contributed by atoms with Gasteiger partial charge in [-0.2, -0.15) is 0 Å². The zero-order valence-corrected chi connectivity index (χ0v) is 10.7. The molecule has 0 saturated heterocycles. The van der Waals surface area contributed by atoms with Gasteiger partial charge in [-0.15, -0.1) is 17.8 Å². The van der Waals surface area contributed by atoms with E-state index >= 15 is 0 Å². The Balaban J connectivity index is 2.19. The number of carbonyl (C=O) groups is 2. The fourth-order valence-corrected chi connectivity index (χ4v) is 3.50. The lowest BCUT2D eigenvalue weighted by Gasteiger charge is -2.01. The molecule has 1 heterocycles. The van der Waals surface area contributed by atoms with Gasteiger partial charge in [0.05, 0.1) is 17.8 Å². The first-order valence-corrected chi connectivity index (χ1v) is 6.58. The Kier molecular flexibility index (Phi) is 3.68. The maximum Gasteiger partial charge on any atom is 0.259 e. The van der Waals surface area contributed by atoms with E-state index < -0.39 is 5.91 Å². The summed E-state index contributed by atoms with van der Waals surface area (Å²) in [5, 5.41) is 2.63. The molecule has 5 heteroatoms. The summed E-state index contributed by atoms with van der Waals surface area (Å²) in [5.41, 5.74) is 7.55. The predicted octanol–water partition coefficient (Wildman–Crippen LogP) is 0.628. The summed E-state index contributed by atoms with van der Waals surface area (Å²) >= 11 is 1.34. The van der Waals surface area contributed by atoms with Crippen LogP contribution in [0.15, 0.2) is 0 Å². The molecular formula is C13H14N2O2S. The second-order valence-electron chi connectivity index (χ2n) is 4.19. The number of nitrogens with one attached hydrogen (secondary N) is 1. The number of terminal acetylenes is 1. The molecule has 1 aliphatic rings. The van der Waals surface area contributed by atoms with E-state index in [9.17, 15) is 9.59 Å². The smallest absolute Gasteiger partial charge is 0.259 e. The summed E-state index contributed by atoms with van der Waals surface area (Å²) in [5.74, 6) is 1.85. The fraction of sp³-hybridized carbons (Fsp3) is 0.385. The van der Waals surface area contributed by atoms with Crippen molar-refractivity contribution in [2.45, 2.75) is 25.7 Å². The molecule has 18 heavy (non-hydrogen) atoms. The van der Waals surface area contributed by atoms with E-state index in [0.29, 0.717) is 4.88 Å². The molecule has 0 atom stereocenters. The minimum atomic E-state index is -0.395. The predicted molar refractivity (Wildman–Crippen MR) is 70.4 cm³/mol. The van der Waals surface area contributed by atoms with E-state index in [1.807, 2.05) is 0 Å². The van der Waals surface area contributed by atoms with Crippen molar-refractivity contribution in [1.82, 2.24) is 5.32 Å². The van der Waals surface area contributed by atoms with Gasteiger partial charge in [-0.3, -0.25) is 9.59 Å². The van der Waals surface area contributed by atoms with Gasteiger partial charge in [-0.1, -0.05) is 5.92 Å². The van der Waals surface area contributed by atoms with Gasteiger partial charge in [0, 0.05) is 4.88 Å². The number of rotatable bonds is 4. The van der Waals surface area contributed by atoms with Crippen LogP contribution in [0.3, 0.4) is 0 Å². The highest BCUT2D eigenvalue weighted by atomic mass is 32.1. The Bertz CT molecular complexity index is 540. The lowest BCUT2D eigenvalue weighted by atomic mass is 10.1. The summed E-state index contributed by atoms with van der Waals surface area (Å²) in [6.45, 7) is 0.231. The summed E-state index contributed by atoms with van der Waals surface area (Å²) in [6, 6.07) is 0. The number of hydrogen-bond donors (Lipinski definition) is 2. The molecule has 0 radical (unpaired) electrons. The zero-order chi connectivity index (χ0) is 13.1. The summed E-state index contributed by atoms with van der Waals surface area (Å²) in [6.07, 6.45) is 8.20. The van der Waals surface area contributed by atoms with Gasteiger partial charge in [0.25, 0.3) is 5.91 Å². The van der Waals surface area contributed by atoms with Crippen LogP contribution >= 0.6 is 11.3 Å². The first-order chi connectivity index (χ1) is 8.63. The maximum absolute atomic E-state index is 11.6. The van der Waals surface area contributed by atoms with Gasteiger partial charge in [-0.25, -0.2) is 0 Å². The number of primary amides is 1. The van der Waals surface area contributed by atoms with E-state index in [4.69, 9.17) is 12.2 Å². The molecule has 94 valence electrons. The Morgan fingerprint density at radius 3 is 2.78 bits per heavy atom. The Morgan fingerprint density at radius 1 is 1.39 bits per heavy atom. The molecule has 1 aromatic rings. The van der Waals surface area contributed by atoms with Gasteiger partial charge in [0.2, 0.25) is 5.91 Å². The van der Waals surface area contributed by atoms with Gasteiger partial charge in [0.1, 0.15) is 0 Å². The van der Waals surface area contributed by atoms with Crippen LogP contribution in [0.5, 0.6) is 0 Å². The molecule has 0 aliphatic heterocycles. The molecule has 0 aromatic carbocycles. The number of carbonyl (C=O) groups excluding carboxylic acids is 2. The Labute approximate surface area is 110 Å². The van der Waals surface area contributed by atoms with Crippen molar-refractivity contribution in [3.05, 3.63) is 20.9 Å². The third kappa shape index (κ3) is 2.39. The molecule has 1 aromatic heterocycles. The molecule has 0 fully saturated rings. The van der Waals surface area contributed by atoms with Crippen LogP contribution in [0.2, 0.25) is 0 Å². The molecule has 3 N–H and O–H groups in total. The topological polar surface area (TPSA) is 72.2 Å². The van der Waals surface area contributed by atoms with Crippen molar-refractivity contribution in [3.63, 3.8) is 0 Å². The van der Waals surface area contributed by atoms with Crippen molar-refractivity contribution in [1.29, 1.82) is 0 Å². The number of amides is 2. The van der Waals surface area contributed by atoms with Crippen LogP contribution in [-0.4, -0.2) is 18.4 Å². The second kappa shape index (κ2) is 5.23. The number of fused-ring (bicyclic) bond motifs is 1. The van der Waals surface area contributed by atoms with Crippen molar-refractivity contribution in [3.8, 4) is 12.3 Å². The minimum absolute atomic E-state index is 0.111. The zero-order valence-electron chi connectivity index (χ0n) is 9.91. The summed E-state index contributed by atoms with van der Waals surface area (Å²) in [7, 11) is 0. The summed E-state index contributed by atoms with van der Waals surface area (Å²) in [4.78, 5) is 24.5. The molecule has 0 unspecified atom stereocenters. The van der Waals surface area contributed by atoms with E-state index in [-0.39, 0.29) is 18.9 Å². The lowest BCUT2D eigenvalue weighted by molar-refractivity contribution is -0.120. The van der Waals surface area contributed by atoms with Crippen LogP contribution in [0.1, 0.15) is 32.1 Å². The molecule has 0 saturated carbocycles. The highest BCUT2D eigenvalue weighted by molar-refractivity contribution is 7.14. The third-order valence-corrected chi connectivity index (χ3v) is 4.28. The summed E-state index contributed by atoms with van der Waals surface area (Å²) < 4.78 is 0. The molecule has 2 amide bonds. The van der Waals surface area contributed by atoms with Crippen molar-refractivity contribution in [2.24, 2.45) is 5.73 Å². The Morgan fingerprint density at radius 2 is 2.11 bits per heavy atom. The number of nitrogens with two attached hydrogens (primary N) is 1. The number of thiophene rings is 1.